The second-order valence-electron chi connectivity index (χ2n) is 12.7. The van der Waals surface area contributed by atoms with Gasteiger partial charge in [-0.15, -0.1) is 0 Å². The normalized spacial score (nSPS) is 37.3. The molecular formula is C30H44O13. The van der Waals surface area contributed by atoms with E-state index < -0.39 is 94.7 Å². The van der Waals surface area contributed by atoms with E-state index in [1.165, 1.54) is 27.7 Å². The van der Waals surface area contributed by atoms with Crippen LogP contribution in [-0.2, 0) is 47.7 Å². The number of hydrogen-bond acceptors (Lipinski definition) is 13. The third kappa shape index (κ3) is 6.03. The Morgan fingerprint density at radius 1 is 0.860 bits per heavy atom. The zero-order valence-corrected chi connectivity index (χ0v) is 26.2. The summed E-state index contributed by atoms with van der Waals surface area (Å²) in [5.41, 5.74) is -4.68. The van der Waals surface area contributed by atoms with Crippen LogP contribution in [-0.4, -0.2) is 94.0 Å². The van der Waals surface area contributed by atoms with E-state index in [1.54, 1.807) is 13.8 Å². The van der Waals surface area contributed by atoms with Crippen molar-refractivity contribution in [2.24, 2.45) is 22.7 Å². The highest BCUT2D eigenvalue weighted by Gasteiger charge is 2.73. The lowest BCUT2D eigenvalue weighted by molar-refractivity contribution is -0.244. The summed E-state index contributed by atoms with van der Waals surface area (Å²) in [7, 11) is 0. The first kappa shape index (κ1) is 34.5. The average molecular weight is 613 g/mol. The summed E-state index contributed by atoms with van der Waals surface area (Å²) in [5.74, 6) is -5.84. The zero-order chi connectivity index (χ0) is 32.8. The molecule has 0 aromatic carbocycles. The molecule has 0 heterocycles. The first-order valence-corrected chi connectivity index (χ1v) is 14.3. The van der Waals surface area contributed by atoms with Crippen LogP contribution in [0.2, 0.25) is 0 Å². The first-order valence-electron chi connectivity index (χ1n) is 14.3. The smallest absolute Gasteiger partial charge is 0.303 e. The molecule has 0 amide bonds. The van der Waals surface area contributed by atoms with E-state index in [4.69, 9.17) is 23.7 Å². The molecule has 242 valence electrons. The Balaban J connectivity index is 2.53. The molecule has 0 saturated heterocycles. The Kier molecular flexibility index (Phi) is 9.75. The number of carbonyl (C=O) groups excluding carboxylic acids is 5. The van der Waals surface area contributed by atoms with Crippen LogP contribution in [0.5, 0.6) is 0 Å². The van der Waals surface area contributed by atoms with Gasteiger partial charge in [-0.3, -0.25) is 24.0 Å². The van der Waals surface area contributed by atoms with E-state index in [0.717, 1.165) is 20.8 Å². The van der Waals surface area contributed by atoms with Gasteiger partial charge in [-0.25, -0.2) is 0 Å². The van der Waals surface area contributed by atoms with Crippen molar-refractivity contribution < 1.29 is 63.0 Å². The number of fused-ring (bicyclic) bond motifs is 2. The molecule has 3 N–H and O–H groups in total. The molecule has 0 bridgehead atoms. The Morgan fingerprint density at radius 2 is 1.40 bits per heavy atom. The quantitative estimate of drug-likeness (QED) is 0.211. The summed E-state index contributed by atoms with van der Waals surface area (Å²) in [6, 6.07) is 0. The topological polar surface area (TPSA) is 192 Å². The summed E-state index contributed by atoms with van der Waals surface area (Å²) in [6.45, 7) is 11.5. The number of aliphatic hydroxyl groups excluding tert-OH is 2. The van der Waals surface area contributed by atoms with Crippen LogP contribution >= 0.6 is 0 Å². The van der Waals surface area contributed by atoms with Crippen molar-refractivity contribution >= 4 is 29.8 Å². The Morgan fingerprint density at radius 3 is 1.86 bits per heavy atom. The maximum Gasteiger partial charge on any atom is 0.303 e. The molecule has 0 aromatic rings. The predicted octanol–water partition coefficient (Wildman–Crippen LogP) is 1.13. The van der Waals surface area contributed by atoms with Gasteiger partial charge in [0.1, 0.15) is 12.2 Å². The van der Waals surface area contributed by atoms with Gasteiger partial charge in [-0.05, 0) is 38.3 Å². The summed E-state index contributed by atoms with van der Waals surface area (Å²) >= 11 is 0. The molecule has 0 radical (unpaired) electrons. The third-order valence-corrected chi connectivity index (χ3v) is 9.52. The Labute approximate surface area is 250 Å². The lowest BCUT2D eigenvalue weighted by Crippen LogP contribution is -2.66. The van der Waals surface area contributed by atoms with E-state index in [1.807, 2.05) is 0 Å². The summed E-state index contributed by atoms with van der Waals surface area (Å²) in [6.07, 6.45) is -8.37. The largest absolute Gasteiger partial charge is 0.465 e. The van der Waals surface area contributed by atoms with Crippen molar-refractivity contribution in [1.29, 1.82) is 0 Å². The van der Waals surface area contributed by atoms with Crippen molar-refractivity contribution in [2.45, 2.75) is 117 Å². The highest BCUT2D eigenvalue weighted by atomic mass is 16.6. The van der Waals surface area contributed by atoms with Crippen LogP contribution in [0.15, 0.2) is 11.1 Å². The molecule has 13 nitrogen and oxygen atoms in total. The van der Waals surface area contributed by atoms with Gasteiger partial charge in [0.25, 0.3) is 0 Å². The lowest BCUT2D eigenvalue weighted by Gasteiger charge is -2.57. The van der Waals surface area contributed by atoms with Crippen LogP contribution in [0.4, 0.5) is 0 Å². The van der Waals surface area contributed by atoms with E-state index in [2.05, 4.69) is 0 Å². The van der Waals surface area contributed by atoms with Gasteiger partial charge >= 0.3 is 29.8 Å². The third-order valence-electron chi connectivity index (χ3n) is 9.52. The molecule has 3 aliphatic rings. The lowest BCUT2D eigenvalue weighted by atomic mass is 9.52. The van der Waals surface area contributed by atoms with E-state index >= 15 is 0 Å². The summed E-state index contributed by atoms with van der Waals surface area (Å²) in [5, 5.41) is 35.7. The van der Waals surface area contributed by atoms with E-state index in [-0.39, 0.29) is 25.0 Å². The molecule has 13 heteroatoms. The van der Waals surface area contributed by atoms with Crippen LogP contribution in [0.1, 0.15) is 75.2 Å². The molecular weight excluding hydrogens is 568 g/mol. The number of rotatable bonds is 7. The van der Waals surface area contributed by atoms with Crippen LogP contribution in [0, 0.1) is 22.7 Å². The molecule has 3 rings (SSSR count). The highest BCUT2D eigenvalue weighted by Crippen LogP contribution is 2.65. The van der Waals surface area contributed by atoms with Gasteiger partial charge in [0.2, 0.25) is 0 Å². The SMILES string of the molecule is CC(=O)OC[C@H]1[C@H]2[C@H](O)[C@]3(C(C)(C)O)CC(O)C(C)=C3[C@@H](OC(C)=O)[C@H](OC(C)=O)[C@]2(C)[C@@H](OC(C)=O)C[C@@H]1OC(C)=O. The average Bonchev–Trinajstić information content (AvgIpc) is 3.08. The van der Waals surface area contributed by atoms with Gasteiger partial charge in [0, 0.05) is 52.9 Å². The maximum atomic E-state index is 12.7. The number of aliphatic hydroxyl groups is 3. The van der Waals surface area contributed by atoms with Crippen LogP contribution in [0.25, 0.3) is 0 Å². The van der Waals surface area contributed by atoms with Crippen molar-refractivity contribution in [2.75, 3.05) is 6.61 Å². The molecule has 3 aliphatic carbocycles. The summed E-state index contributed by atoms with van der Waals surface area (Å²) < 4.78 is 28.7. The fourth-order valence-electron chi connectivity index (χ4n) is 7.89. The molecule has 2 saturated carbocycles. The number of hydrogen-bond donors (Lipinski definition) is 3. The second-order valence-corrected chi connectivity index (χ2v) is 12.7. The standard InChI is InChI=1S/C30H44O13/c1-13-20(36)11-30(28(7,8)38)23(13)25(42-17(5)34)27(43-18(6)35)29(9)22(41-16(4)33)10-21(40-15(3)32)19(12-39-14(2)31)24(29)26(30)37/h19-22,24-27,36-38H,10-12H2,1-9H3/t19-,20?,21+,22+,24+,25-,26+,27+,29-,30+/m1/s1. The predicted molar refractivity (Wildman–Crippen MR) is 147 cm³/mol. The monoisotopic (exact) mass is 612 g/mol. The number of carbonyl (C=O) groups is 5. The molecule has 1 unspecified atom stereocenters. The number of ether oxygens (including phenoxy) is 5. The van der Waals surface area contributed by atoms with Gasteiger partial charge < -0.3 is 39.0 Å². The summed E-state index contributed by atoms with van der Waals surface area (Å²) in [4.78, 5) is 62.1. The van der Waals surface area contributed by atoms with Gasteiger partial charge in [-0.1, -0.05) is 6.92 Å². The second kappa shape index (κ2) is 12.2. The fourth-order valence-corrected chi connectivity index (χ4v) is 7.89. The first-order chi connectivity index (χ1) is 19.7. The van der Waals surface area contributed by atoms with Crippen molar-refractivity contribution in [3.05, 3.63) is 11.1 Å². The molecule has 10 atom stereocenters. The Bertz CT molecular complexity index is 1180. The molecule has 2 fully saturated rings. The molecule has 0 spiro atoms. The van der Waals surface area contributed by atoms with Gasteiger partial charge in [-0.2, -0.15) is 0 Å². The fraction of sp³-hybridized carbons (Fsp3) is 0.767. The minimum Gasteiger partial charge on any atom is -0.465 e. The molecule has 0 aromatic heterocycles. The van der Waals surface area contributed by atoms with Gasteiger partial charge in [0.05, 0.1) is 35.2 Å². The van der Waals surface area contributed by atoms with E-state index in [0.29, 0.717) is 5.57 Å². The van der Waals surface area contributed by atoms with E-state index in [9.17, 15) is 39.3 Å². The zero-order valence-electron chi connectivity index (χ0n) is 26.2. The van der Waals surface area contributed by atoms with Crippen LogP contribution < -0.4 is 0 Å². The highest BCUT2D eigenvalue weighted by molar-refractivity contribution is 5.69. The minimum absolute atomic E-state index is 0.147. The minimum atomic E-state index is -1.80. The number of esters is 5. The maximum absolute atomic E-state index is 12.7. The van der Waals surface area contributed by atoms with Gasteiger partial charge in [0.15, 0.2) is 12.2 Å². The molecule has 43 heavy (non-hydrogen) atoms. The van der Waals surface area contributed by atoms with Crippen molar-refractivity contribution in [3.8, 4) is 0 Å². The molecule has 0 aliphatic heterocycles. The Hall–Kier alpha value is -3.03. The van der Waals surface area contributed by atoms with Crippen molar-refractivity contribution in [3.63, 3.8) is 0 Å². The van der Waals surface area contributed by atoms with Crippen molar-refractivity contribution in [1.82, 2.24) is 0 Å². The van der Waals surface area contributed by atoms with Crippen LogP contribution in [0.3, 0.4) is 0 Å².